The van der Waals surface area contributed by atoms with Crippen molar-refractivity contribution in [3.63, 3.8) is 0 Å². The summed E-state index contributed by atoms with van der Waals surface area (Å²) in [7, 11) is -2.96. The number of piperazine rings is 1. The van der Waals surface area contributed by atoms with Crippen LogP contribution in [-0.2, 0) is 20.0 Å². The van der Waals surface area contributed by atoms with Crippen molar-refractivity contribution in [2.75, 3.05) is 44.7 Å². The number of halogens is 1. The van der Waals surface area contributed by atoms with Gasteiger partial charge in [0.05, 0.1) is 11.2 Å². The number of hydrogen-bond acceptors (Lipinski definition) is 4. The van der Waals surface area contributed by atoms with Crippen LogP contribution in [0, 0.1) is 0 Å². The lowest BCUT2D eigenvalue weighted by molar-refractivity contribution is -0.140. The van der Waals surface area contributed by atoms with Crippen molar-refractivity contribution < 1.29 is 13.2 Å². The predicted molar refractivity (Wildman–Crippen MR) is 109 cm³/mol. The molecule has 0 atom stereocenters. The van der Waals surface area contributed by atoms with Crippen molar-refractivity contribution in [3.05, 3.63) is 34.9 Å². The van der Waals surface area contributed by atoms with Gasteiger partial charge >= 0.3 is 0 Å². The lowest BCUT2D eigenvalue weighted by Gasteiger charge is -2.43. The molecule has 1 amide bonds. The van der Waals surface area contributed by atoms with Crippen LogP contribution in [0.3, 0.4) is 0 Å². The van der Waals surface area contributed by atoms with E-state index in [0.717, 1.165) is 44.3 Å². The normalized spacial score (nSPS) is 21.2. The van der Waals surface area contributed by atoms with Crippen molar-refractivity contribution in [2.24, 2.45) is 0 Å². The highest BCUT2D eigenvalue weighted by molar-refractivity contribution is 7.90. The molecule has 1 saturated carbocycles. The number of carbonyl (C=O) groups is 1. The van der Waals surface area contributed by atoms with Crippen molar-refractivity contribution in [1.82, 2.24) is 9.80 Å². The second-order valence-electron chi connectivity index (χ2n) is 7.92. The fourth-order valence-electron chi connectivity index (χ4n) is 4.34. The second kappa shape index (κ2) is 8.50. The van der Waals surface area contributed by atoms with E-state index in [1.54, 1.807) is 0 Å². The zero-order valence-corrected chi connectivity index (χ0v) is 17.6. The largest absolute Gasteiger partial charge is 0.339 e. The Balaban J connectivity index is 1.71. The molecule has 0 aromatic heterocycles. The van der Waals surface area contributed by atoms with Crippen molar-refractivity contribution in [3.8, 4) is 0 Å². The zero-order chi connectivity index (χ0) is 19.5. The molecular formula is C20H29ClN2O3S. The van der Waals surface area contributed by atoms with Crippen LogP contribution in [0.1, 0.15) is 37.7 Å². The quantitative estimate of drug-likeness (QED) is 0.746. The lowest BCUT2D eigenvalue weighted by Crippen LogP contribution is -2.55. The maximum absolute atomic E-state index is 13.6. The number of benzene rings is 1. The van der Waals surface area contributed by atoms with E-state index < -0.39 is 15.3 Å². The van der Waals surface area contributed by atoms with Gasteiger partial charge in [0.15, 0.2) is 0 Å². The lowest BCUT2D eigenvalue weighted by atomic mass is 9.68. The minimum atomic E-state index is -2.96. The van der Waals surface area contributed by atoms with Gasteiger partial charge in [0.25, 0.3) is 0 Å². The molecule has 150 valence electrons. The van der Waals surface area contributed by atoms with Crippen molar-refractivity contribution in [1.29, 1.82) is 0 Å². The van der Waals surface area contributed by atoms with E-state index in [1.165, 1.54) is 12.7 Å². The summed E-state index contributed by atoms with van der Waals surface area (Å²) >= 11 is 6.23. The summed E-state index contributed by atoms with van der Waals surface area (Å²) in [5.41, 5.74) is 0.581. The number of rotatable bonds is 5. The van der Waals surface area contributed by atoms with Gasteiger partial charge in [0.2, 0.25) is 5.91 Å². The number of sulfone groups is 1. The first-order valence-electron chi connectivity index (χ1n) is 9.76. The summed E-state index contributed by atoms with van der Waals surface area (Å²) in [6.07, 6.45) is 6.32. The standard InChI is InChI=1S/C20H29ClN2O3S/c1-27(25,26)15-14-22-10-12-23(13-11-22)19(24)20(8-3-2-4-9-20)17-6-5-7-18(21)16-17/h5-7,16H,2-4,8-15H2,1H3. The fraction of sp³-hybridized carbons (Fsp3) is 0.650. The van der Waals surface area contributed by atoms with Gasteiger partial charge in [-0.15, -0.1) is 0 Å². The highest BCUT2D eigenvalue weighted by Crippen LogP contribution is 2.41. The molecule has 0 N–H and O–H groups in total. The molecule has 1 heterocycles. The average molecular weight is 413 g/mol. The molecule has 7 heteroatoms. The highest BCUT2D eigenvalue weighted by atomic mass is 35.5. The molecule has 0 radical (unpaired) electrons. The van der Waals surface area contributed by atoms with E-state index in [9.17, 15) is 13.2 Å². The first-order valence-corrected chi connectivity index (χ1v) is 12.2. The Morgan fingerprint density at radius 1 is 1.11 bits per heavy atom. The summed E-state index contributed by atoms with van der Waals surface area (Å²) in [6.45, 7) is 3.32. The number of nitrogens with zero attached hydrogens (tertiary/aromatic N) is 2. The molecule has 1 aromatic rings. The third kappa shape index (κ3) is 5.04. The summed E-state index contributed by atoms with van der Waals surface area (Å²) in [6, 6.07) is 7.78. The highest BCUT2D eigenvalue weighted by Gasteiger charge is 2.44. The maximum atomic E-state index is 13.6. The number of amides is 1. The Morgan fingerprint density at radius 3 is 2.37 bits per heavy atom. The molecule has 5 nitrogen and oxygen atoms in total. The Labute approximate surface area is 167 Å². The fourth-order valence-corrected chi connectivity index (χ4v) is 5.12. The van der Waals surface area contributed by atoms with Crippen LogP contribution in [0.2, 0.25) is 5.02 Å². The van der Waals surface area contributed by atoms with Gasteiger partial charge in [0, 0.05) is 44.0 Å². The summed E-state index contributed by atoms with van der Waals surface area (Å²) in [4.78, 5) is 17.7. The van der Waals surface area contributed by atoms with E-state index in [2.05, 4.69) is 4.90 Å². The van der Waals surface area contributed by atoms with Crippen LogP contribution in [0.5, 0.6) is 0 Å². The Hall–Kier alpha value is -1.11. The average Bonchev–Trinajstić information content (AvgIpc) is 2.66. The van der Waals surface area contributed by atoms with Crippen molar-refractivity contribution >= 4 is 27.3 Å². The van der Waals surface area contributed by atoms with Gasteiger partial charge in [0.1, 0.15) is 9.84 Å². The van der Waals surface area contributed by atoms with E-state index >= 15 is 0 Å². The Bertz CT molecular complexity index is 767. The zero-order valence-electron chi connectivity index (χ0n) is 16.0. The van der Waals surface area contributed by atoms with Crippen LogP contribution >= 0.6 is 11.6 Å². The van der Waals surface area contributed by atoms with E-state index in [0.29, 0.717) is 24.7 Å². The summed E-state index contributed by atoms with van der Waals surface area (Å²) in [5, 5.41) is 0.677. The van der Waals surface area contributed by atoms with Gasteiger partial charge < -0.3 is 4.90 Å². The molecular weight excluding hydrogens is 384 g/mol. The molecule has 1 aliphatic carbocycles. The molecule has 1 saturated heterocycles. The van der Waals surface area contributed by atoms with Crippen LogP contribution < -0.4 is 0 Å². The van der Waals surface area contributed by atoms with E-state index in [-0.39, 0.29) is 11.7 Å². The molecule has 0 unspecified atom stereocenters. The monoisotopic (exact) mass is 412 g/mol. The minimum Gasteiger partial charge on any atom is -0.339 e. The van der Waals surface area contributed by atoms with Gasteiger partial charge in [-0.1, -0.05) is 43.0 Å². The minimum absolute atomic E-state index is 0.174. The summed E-state index contributed by atoms with van der Waals surface area (Å²) in [5.74, 6) is 0.389. The molecule has 0 spiro atoms. The first-order chi connectivity index (χ1) is 12.8. The number of hydrogen-bond donors (Lipinski definition) is 0. The topological polar surface area (TPSA) is 57.7 Å². The third-order valence-electron chi connectivity index (χ3n) is 5.93. The van der Waals surface area contributed by atoms with Crippen LogP contribution in [0.25, 0.3) is 0 Å². The van der Waals surface area contributed by atoms with Gasteiger partial charge in [-0.2, -0.15) is 0 Å². The first kappa shape index (κ1) is 20.6. The van der Waals surface area contributed by atoms with Gasteiger partial charge in [-0.25, -0.2) is 8.42 Å². The predicted octanol–water partition coefficient (Wildman–Crippen LogP) is 2.73. The third-order valence-corrected chi connectivity index (χ3v) is 7.09. The maximum Gasteiger partial charge on any atom is 0.233 e. The van der Waals surface area contributed by atoms with E-state index in [1.807, 2.05) is 29.2 Å². The molecule has 1 aromatic carbocycles. The van der Waals surface area contributed by atoms with Gasteiger partial charge in [-0.3, -0.25) is 9.69 Å². The van der Waals surface area contributed by atoms with Crippen LogP contribution in [0.4, 0.5) is 0 Å². The molecule has 2 fully saturated rings. The Morgan fingerprint density at radius 2 is 1.78 bits per heavy atom. The molecule has 0 bridgehead atoms. The van der Waals surface area contributed by atoms with Gasteiger partial charge in [-0.05, 0) is 30.5 Å². The van der Waals surface area contributed by atoms with Crippen LogP contribution in [0.15, 0.2) is 24.3 Å². The molecule has 2 aliphatic rings. The molecule has 27 heavy (non-hydrogen) atoms. The smallest absolute Gasteiger partial charge is 0.233 e. The second-order valence-corrected chi connectivity index (χ2v) is 10.6. The van der Waals surface area contributed by atoms with E-state index in [4.69, 9.17) is 11.6 Å². The number of carbonyl (C=O) groups excluding carboxylic acids is 1. The SMILES string of the molecule is CS(=O)(=O)CCN1CCN(C(=O)C2(c3cccc(Cl)c3)CCCCC2)CC1. The molecule has 1 aliphatic heterocycles. The molecule has 3 rings (SSSR count). The van der Waals surface area contributed by atoms with Crippen LogP contribution in [-0.4, -0.2) is 68.9 Å². The van der Waals surface area contributed by atoms with Crippen molar-refractivity contribution in [2.45, 2.75) is 37.5 Å². The Kier molecular flexibility index (Phi) is 6.49. The summed E-state index contributed by atoms with van der Waals surface area (Å²) < 4.78 is 22.8.